The molecule has 0 aromatic heterocycles. The maximum atomic E-state index is 3.68. The van der Waals surface area contributed by atoms with Crippen LogP contribution in [0.3, 0.4) is 0 Å². The number of hydrogen-bond donors (Lipinski definition) is 0. The van der Waals surface area contributed by atoms with Crippen molar-refractivity contribution < 1.29 is 0 Å². The first kappa shape index (κ1) is 8.72. The first-order valence-corrected chi connectivity index (χ1v) is 3.94. The zero-order valence-electron chi connectivity index (χ0n) is 7.54. The highest BCUT2D eigenvalue weighted by Crippen LogP contribution is 2.14. The molecule has 0 aliphatic rings. The van der Waals surface area contributed by atoms with E-state index in [2.05, 4.69) is 43.8 Å². The van der Waals surface area contributed by atoms with Crippen LogP contribution in [0.5, 0.6) is 0 Å². The molecule has 0 aliphatic heterocycles. The van der Waals surface area contributed by atoms with E-state index in [4.69, 9.17) is 0 Å². The Labute approximate surface area is 73.5 Å². The van der Waals surface area contributed by atoms with Gasteiger partial charge in [0.1, 0.15) is 0 Å². The molecule has 0 unspecified atom stereocenters. The van der Waals surface area contributed by atoms with Gasteiger partial charge in [-0.15, -0.1) is 0 Å². The van der Waals surface area contributed by atoms with Crippen molar-refractivity contribution >= 4 is 12.8 Å². The van der Waals surface area contributed by atoms with Crippen molar-refractivity contribution in [3.8, 4) is 0 Å². The Hall–Kier alpha value is -1.37. The second-order valence-electron chi connectivity index (χ2n) is 2.80. The molecular formula is C11H13N. The molecule has 1 aromatic rings. The number of aliphatic imine (C=N–C) groups is 1. The molecule has 0 fully saturated rings. The van der Waals surface area contributed by atoms with Crippen LogP contribution in [0.2, 0.25) is 0 Å². The summed E-state index contributed by atoms with van der Waals surface area (Å²) in [4.78, 5) is 3.68. The van der Waals surface area contributed by atoms with Gasteiger partial charge in [0.2, 0.25) is 0 Å². The average molecular weight is 159 g/mol. The molecule has 1 aromatic carbocycles. The normalized spacial score (nSPS) is 10.5. The summed E-state index contributed by atoms with van der Waals surface area (Å²) in [5, 5.41) is 0. The van der Waals surface area contributed by atoms with E-state index < -0.39 is 0 Å². The second-order valence-corrected chi connectivity index (χ2v) is 2.80. The topological polar surface area (TPSA) is 12.4 Å². The zero-order valence-corrected chi connectivity index (χ0v) is 7.54. The van der Waals surface area contributed by atoms with Crippen LogP contribution in [0.15, 0.2) is 29.4 Å². The highest BCUT2D eigenvalue weighted by atomic mass is 14.6. The van der Waals surface area contributed by atoms with Gasteiger partial charge in [-0.2, -0.15) is 0 Å². The van der Waals surface area contributed by atoms with E-state index in [0.717, 1.165) is 0 Å². The summed E-state index contributed by atoms with van der Waals surface area (Å²) < 4.78 is 0. The third-order valence-corrected chi connectivity index (χ3v) is 1.89. The first-order valence-electron chi connectivity index (χ1n) is 3.94. The van der Waals surface area contributed by atoms with Gasteiger partial charge in [-0.3, -0.25) is 4.99 Å². The quantitative estimate of drug-likeness (QED) is 0.588. The minimum atomic E-state index is 1.24. The first-order chi connectivity index (χ1) is 5.75. The smallest absolute Gasteiger partial charge is 0.0266 e. The van der Waals surface area contributed by atoms with Crippen molar-refractivity contribution in [3.63, 3.8) is 0 Å². The zero-order chi connectivity index (χ0) is 8.97. The lowest BCUT2D eigenvalue weighted by molar-refractivity contribution is 1.35. The Morgan fingerprint density at radius 2 is 1.83 bits per heavy atom. The minimum Gasteiger partial charge on any atom is -0.272 e. The maximum Gasteiger partial charge on any atom is 0.0266 e. The SMILES string of the molecule is C=N/C=C\c1c(C)cccc1C. The Balaban J connectivity index is 3.12. The Bertz CT molecular complexity index is 291. The van der Waals surface area contributed by atoms with Crippen molar-refractivity contribution in [2.24, 2.45) is 4.99 Å². The van der Waals surface area contributed by atoms with Crippen LogP contribution >= 0.6 is 0 Å². The van der Waals surface area contributed by atoms with Gasteiger partial charge in [0, 0.05) is 6.20 Å². The van der Waals surface area contributed by atoms with E-state index in [1.807, 2.05) is 6.08 Å². The number of aryl methyl sites for hydroxylation is 2. The molecule has 0 atom stereocenters. The van der Waals surface area contributed by atoms with Crippen LogP contribution < -0.4 is 0 Å². The number of hydrogen-bond acceptors (Lipinski definition) is 1. The van der Waals surface area contributed by atoms with Crippen molar-refractivity contribution in [2.45, 2.75) is 13.8 Å². The molecule has 0 N–H and O–H groups in total. The van der Waals surface area contributed by atoms with Crippen LogP contribution in [0.1, 0.15) is 16.7 Å². The van der Waals surface area contributed by atoms with Gasteiger partial charge in [-0.25, -0.2) is 0 Å². The molecule has 0 aliphatic carbocycles. The van der Waals surface area contributed by atoms with Gasteiger partial charge in [-0.05, 0) is 43.3 Å². The molecule has 0 spiro atoms. The molecule has 1 nitrogen and oxygen atoms in total. The third-order valence-electron chi connectivity index (χ3n) is 1.89. The summed E-state index contributed by atoms with van der Waals surface area (Å²) >= 11 is 0. The van der Waals surface area contributed by atoms with Gasteiger partial charge in [0.15, 0.2) is 0 Å². The number of benzene rings is 1. The molecule has 0 bridgehead atoms. The summed E-state index contributed by atoms with van der Waals surface area (Å²) in [7, 11) is 0. The fourth-order valence-electron chi connectivity index (χ4n) is 1.22. The van der Waals surface area contributed by atoms with Crippen molar-refractivity contribution in [1.82, 2.24) is 0 Å². The van der Waals surface area contributed by atoms with Gasteiger partial charge < -0.3 is 0 Å². The summed E-state index contributed by atoms with van der Waals surface area (Å²) in [5.74, 6) is 0. The maximum absolute atomic E-state index is 3.68. The summed E-state index contributed by atoms with van der Waals surface area (Å²) in [6.45, 7) is 7.58. The monoisotopic (exact) mass is 159 g/mol. The molecule has 0 saturated heterocycles. The number of rotatable bonds is 2. The van der Waals surface area contributed by atoms with Gasteiger partial charge >= 0.3 is 0 Å². The Kier molecular flexibility index (Phi) is 2.81. The standard InChI is InChI=1S/C11H13N/c1-9-5-4-6-10(2)11(9)7-8-12-3/h4-8H,3H2,1-2H3/b8-7-. The third kappa shape index (κ3) is 1.82. The van der Waals surface area contributed by atoms with Crippen LogP contribution in [-0.2, 0) is 0 Å². The largest absolute Gasteiger partial charge is 0.272 e. The fraction of sp³-hybridized carbons (Fsp3) is 0.182. The van der Waals surface area contributed by atoms with Gasteiger partial charge in [-0.1, -0.05) is 18.2 Å². The predicted octanol–water partition coefficient (Wildman–Crippen LogP) is 2.97. The Morgan fingerprint density at radius 1 is 1.25 bits per heavy atom. The lowest BCUT2D eigenvalue weighted by Crippen LogP contribution is -1.84. The highest BCUT2D eigenvalue weighted by molar-refractivity contribution is 5.57. The number of nitrogens with zero attached hydrogens (tertiary/aromatic N) is 1. The van der Waals surface area contributed by atoms with E-state index in [0.29, 0.717) is 0 Å². The van der Waals surface area contributed by atoms with Crippen LogP contribution in [-0.4, -0.2) is 6.72 Å². The molecule has 0 saturated carbocycles. The second kappa shape index (κ2) is 3.86. The van der Waals surface area contributed by atoms with E-state index in [1.54, 1.807) is 6.20 Å². The molecule has 0 radical (unpaired) electrons. The van der Waals surface area contributed by atoms with Crippen LogP contribution in [0, 0.1) is 13.8 Å². The van der Waals surface area contributed by atoms with E-state index in [-0.39, 0.29) is 0 Å². The van der Waals surface area contributed by atoms with Crippen molar-refractivity contribution in [3.05, 3.63) is 41.1 Å². The lowest BCUT2D eigenvalue weighted by Gasteiger charge is -2.02. The van der Waals surface area contributed by atoms with Gasteiger partial charge in [0.05, 0.1) is 0 Å². The van der Waals surface area contributed by atoms with Crippen molar-refractivity contribution in [2.75, 3.05) is 0 Å². The summed E-state index contributed by atoms with van der Waals surface area (Å²) in [6, 6.07) is 6.24. The molecule has 1 heteroatoms. The van der Waals surface area contributed by atoms with Crippen LogP contribution in [0.25, 0.3) is 6.08 Å². The molecule has 1 rings (SSSR count). The highest BCUT2D eigenvalue weighted by Gasteiger charge is 1.95. The van der Waals surface area contributed by atoms with Crippen LogP contribution in [0.4, 0.5) is 0 Å². The predicted molar refractivity (Wildman–Crippen MR) is 54.5 cm³/mol. The van der Waals surface area contributed by atoms with E-state index >= 15 is 0 Å². The molecule has 12 heavy (non-hydrogen) atoms. The molecule has 62 valence electrons. The average Bonchev–Trinajstić information content (AvgIpc) is 2.04. The molecular weight excluding hydrogens is 146 g/mol. The summed E-state index contributed by atoms with van der Waals surface area (Å²) in [5.41, 5.74) is 3.79. The van der Waals surface area contributed by atoms with Crippen molar-refractivity contribution in [1.29, 1.82) is 0 Å². The van der Waals surface area contributed by atoms with E-state index in [9.17, 15) is 0 Å². The molecule has 0 amide bonds. The molecule has 0 heterocycles. The van der Waals surface area contributed by atoms with E-state index in [1.165, 1.54) is 16.7 Å². The minimum absolute atomic E-state index is 1.24. The van der Waals surface area contributed by atoms with Gasteiger partial charge in [0.25, 0.3) is 0 Å². The Morgan fingerprint density at radius 3 is 2.33 bits per heavy atom. The lowest BCUT2D eigenvalue weighted by atomic mass is 10.0. The fourth-order valence-corrected chi connectivity index (χ4v) is 1.22. The summed E-state index contributed by atoms with van der Waals surface area (Å²) in [6.07, 6.45) is 3.70.